The second-order valence-corrected chi connectivity index (χ2v) is 7.60. The van der Waals surface area contributed by atoms with Gasteiger partial charge in [-0.1, -0.05) is 6.42 Å². The van der Waals surface area contributed by atoms with Crippen LogP contribution in [-0.4, -0.2) is 44.7 Å². The van der Waals surface area contributed by atoms with Crippen molar-refractivity contribution in [1.82, 2.24) is 4.31 Å². The Morgan fingerprint density at radius 1 is 1.30 bits per heavy atom. The average molecular weight is 361 g/mol. The zero-order valence-electron chi connectivity index (χ0n) is 13.0. The SMILES string of the molecule is COc1ccc(NC(=O)CCCl)cc1S(=O)(=O)N1CCCCC1. The van der Waals surface area contributed by atoms with Gasteiger partial charge in [0.05, 0.1) is 7.11 Å². The molecule has 1 saturated heterocycles. The highest BCUT2D eigenvalue weighted by molar-refractivity contribution is 7.89. The summed E-state index contributed by atoms with van der Waals surface area (Å²) in [6.07, 6.45) is 2.92. The molecule has 8 heteroatoms. The summed E-state index contributed by atoms with van der Waals surface area (Å²) in [6.45, 7) is 1.02. The van der Waals surface area contributed by atoms with Gasteiger partial charge in [0.25, 0.3) is 0 Å². The van der Waals surface area contributed by atoms with Gasteiger partial charge >= 0.3 is 0 Å². The van der Waals surface area contributed by atoms with E-state index in [-0.39, 0.29) is 28.9 Å². The number of halogens is 1. The number of benzene rings is 1. The molecule has 6 nitrogen and oxygen atoms in total. The van der Waals surface area contributed by atoms with Gasteiger partial charge in [-0.25, -0.2) is 8.42 Å². The first-order valence-electron chi connectivity index (χ1n) is 7.53. The Morgan fingerprint density at radius 3 is 2.61 bits per heavy atom. The molecule has 1 heterocycles. The third kappa shape index (κ3) is 4.37. The highest BCUT2D eigenvalue weighted by Crippen LogP contribution is 2.31. The van der Waals surface area contributed by atoms with Crippen molar-refractivity contribution in [3.63, 3.8) is 0 Å². The number of sulfonamides is 1. The second kappa shape index (κ2) is 7.99. The number of ether oxygens (including phenoxy) is 1. The molecule has 0 radical (unpaired) electrons. The Labute approximate surface area is 141 Å². The molecule has 1 aliphatic heterocycles. The molecule has 23 heavy (non-hydrogen) atoms. The summed E-state index contributed by atoms with van der Waals surface area (Å²) < 4.78 is 32.3. The maximum absolute atomic E-state index is 12.8. The predicted molar refractivity (Wildman–Crippen MR) is 89.6 cm³/mol. The monoisotopic (exact) mass is 360 g/mol. The first-order valence-corrected chi connectivity index (χ1v) is 9.50. The summed E-state index contributed by atoms with van der Waals surface area (Å²) in [7, 11) is -2.22. The van der Waals surface area contributed by atoms with Crippen LogP contribution >= 0.6 is 11.6 Å². The van der Waals surface area contributed by atoms with Gasteiger partial charge in [0.1, 0.15) is 10.6 Å². The number of alkyl halides is 1. The van der Waals surface area contributed by atoms with E-state index in [0.29, 0.717) is 18.8 Å². The smallest absolute Gasteiger partial charge is 0.246 e. The molecule has 1 aromatic rings. The van der Waals surface area contributed by atoms with Crippen molar-refractivity contribution in [3.8, 4) is 5.75 Å². The summed E-state index contributed by atoms with van der Waals surface area (Å²) in [5, 5.41) is 2.65. The van der Waals surface area contributed by atoms with Crippen LogP contribution < -0.4 is 10.1 Å². The van der Waals surface area contributed by atoms with E-state index < -0.39 is 10.0 Å². The molecule has 0 aromatic heterocycles. The number of amides is 1. The quantitative estimate of drug-likeness (QED) is 0.790. The fraction of sp³-hybridized carbons (Fsp3) is 0.533. The van der Waals surface area contributed by atoms with Crippen LogP contribution in [0.15, 0.2) is 23.1 Å². The van der Waals surface area contributed by atoms with Crippen LogP contribution in [0.2, 0.25) is 0 Å². The van der Waals surface area contributed by atoms with Gasteiger partial charge in [0.15, 0.2) is 0 Å². The Hall–Kier alpha value is -1.31. The molecule has 0 atom stereocenters. The van der Waals surface area contributed by atoms with E-state index in [1.807, 2.05) is 0 Å². The van der Waals surface area contributed by atoms with Gasteiger partial charge in [-0.05, 0) is 31.0 Å². The Balaban J connectivity index is 2.33. The lowest BCUT2D eigenvalue weighted by molar-refractivity contribution is -0.115. The summed E-state index contributed by atoms with van der Waals surface area (Å²) in [4.78, 5) is 11.7. The lowest BCUT2D eigenvalue weighted by Gasteiger charge is -2.26. The van der Waals surface area contributed by atoms with Gasteiger partial charge in [0.2, 0.25) is 15.9 Å². The number of methoxy groups -OCH3 is 1. The normalized spacial score (nSPS) is 16.1. The largest absolute Gasteiger partial charge is 0.495 e. The van der Waals surface area contributed by atoms with E-state index in [0.717, 1.165) is 19.3 Å². The minimum atomic E-state index is -3.64. The number of piperidine rings is 1. The third-order valence-corrected chi connectivity index (χ3v) is 5.81. The number of nitrogens with zero attached hydrogens (tertiary/aromatic N) is 1. The van der Waals surface area contributed by atoms with Gasteiger partial charge < -0.3 is 10.1 Å². The summed E-state index contributed by atoms with van der Waals surface area (Å²) in [5.41, 5.74) is 0.413. The second-order valence-electron chi connectivity index (χ2n) is 5.32. The van der Waals surface area contributed by atoms with Crippen molar-refractivity contribution >= 4 is 33.2 Å². The summed E-state index contributed by atoms with van der Waals surface area (Å²) in [6, 6.07) is 4.60. The van der Waals surface area contributed by atoms with Crippen LogP contribution in [0.3, 0.4) is 0 Å². The van der Waals surface area contributed by atoms with Gasteiger partial charge in [0, 0.05) is 31.1 Å². The fourth-order valence-electron chi connectivity index (χ4n) is 2.51. The molecular formula is C15H21ClN2O4S. The molecule has 1 aromatic carbocycles. The van der Waals surface area contributed by atoms with Crippen LogP contribution in [0.4, 0.5) is 5.69 Å². The number of nitrogens with one attached hydrogen (secondary N) is 1. The molecule has 0 spiro atoms. The minimum absolute atomic E-state index is 0.0746. The molecule has 2 rings (SSSR count). The molecule has 0 saturated carbocycles. The first-order chi connectivity index (χ1) is 11.0. The number of anilines is 1. The number of hydrogen-bond donors (Lipinski definition) is 1. The van der Waals surface area contributed by atoms with Crippen LogP contribution in [-0.2, 0) is 14.8 Å². The van der Waals surface area contributed by atoms with Crippen LogP contribution in [0.5, 0.6) is 5.75 Å². The van der Waals surface area contributed by atoms with Gasteiger partial charge in [-0.15, -0.1) is 11.6 Å². The van der Waals surface area contributed by atoms with Crippen LogP contribution in [0, 0.1) is 0 Å². The number of rotatable bonds is 6. The molecule has 0 aliphatic carbocycles. The predicted octanol–water partition coefficient (Wildman–Crippen LogP) is 2.44. The standard InChI is InChI=1S/C15H21ClN2O4S/c1-22-13-6-5-12(17-15(19)7-8-16)11-14(13)23(20,21)18-9-3-2-4-10-18/h5-6,11H,2-4,7-10H2,1H3,(H,17,19). The van der Waals surface area contributed by atoms with E-state index in [4.69, 9.17) is 16.3 Å². The molecule has 0 bridgehead atoms. The van der Waals surface area contributed by atoms with Crippen LogP contribution in [0.25, 0.3) is 0 Å². The van der Waals surface area contributed by atoms with E-state index >= 15 is 0 Å². The maximum atomic E-state index is 12.8. The molecular weight excluding hydrogens is 340 g/mol. The molecule has 1 N–H and O–H groups in total. The van der Waals surface area contributed by atoms with Crippen molar-refractivity contribution in [3.05, 3.63) is 18.2 Å². The highest BCUT2D eigenvalue weighted by atomic mass is 35.5. The average Bonchev–Trinajstić information content (AvgIpc) is 2.56. The highest BCUT2D eigenvalue weighted by Gasteiger charge is 2.29. The molecule has 128 valence electrons. The Morgan fingerprint density at radius 2 is 2.00 bits per heavy atom. The topological polar surface area (TPSA) is 75.7 Å². The van der Waals surface area contributed by atoms with E-state index in [1.165, 1.54) is 17.5 Å². The first kappa shape index (κ1) is 18.0. The summed E-state index contributed by atoms with van der Waals surface area (Å²) >= 11 is 5.53. The molecule has 1 amide bonds. The molecule has 1 fully saturated rings. The van der Waals surface area contributed by atoms with Crippen molar-refractivity contribution in [2.45, 2.75) is 30.6 Å². The fourth-order valence-corrected chi connectivity index (χ4v) is 4.38. The third-order valence-electron chi connectivity index (χ3n) is 3.70. The van der Waals surface area contributed by atoms with E-state index in [9.17, 15) is 13.2 Å². The number of carbonyl (C=O) groups excluding carboxylic acids is 1. The lowest BCUT2D eigenvalue weighted by Crippen LogP contribution is -2.35. The van der Waals surface area contributed by atoms with Crippen molar-refractivity contribution in [2.24, 2.45) is 0 Å². The van der Waals surface area contributed by atoms with Crippen molar-refractivity contribution < 1.29 is 17.9 Å². The Bertz CT molecular complexity index is 657. The summed E-state index contributed by atoms with van der Waals surface area (Å²) in [5.74, 6) is 0.221. The molecule has 1 aliphatic rings. The van der Waals surface area contributed by atoms with Gasteiger partial charge in [-0.2, -0.15) is 4.31 Å². The van der Waals surface area contributed by atoms with Gasteiger partial charge in [-0.3, -0.25) is 4.79 Å². The van der Waals surface area contributed by atoms with Crippen LogP contribution in [0.1, 0.15) is 25.7 Å². The minimum Gasteiger partial charge on any atom is -0.495 e. The lowest BCUT2D eigenvalue weighted by atomic mass is 10.2. The van der Waals surface area contributed by atoms with E-state index in [1.54, 1.807) is 12.1 Å². The zero-order chi connectivity index (χ0) is 16.9. The van der Waals surface area contributed by atoms with E-state index in [2.05, 4.69) is 5.32 Å². The molecule has 0 unspecified atom stereocenters. The number of carbonyl (C=O) groups is 1. The zero-order valence-corrected chi connectivity index (χ0v) is 14.6. The number of hydrogen-bond acceptors (Lipinski definition) is 4. The Kier molecular flexibility index (Phi) is 6.26. The maximum Gasteiger partial charge on any atom is 0.246 e. The van der Waals surface area contributed by atoms with Crippen molar-refractivity contribution in [1.29, 1.82) is 0 Å². The van der Waals surface area contributed by atoms with Crippen molar-refractivity contribution in [2.75, 3.05) is 31.4 Å².